The minimum Gasteiger partial charge on any atom is -0.207 e. The summed E-state index contributed by atoms with van der Waals surface area (Å²) in [6.07, 6.45) is 2.10. The number of nitrogens with zero attached hydrogens (tertiary/aromatic N) is 1. The molecule has 2 rings (SSSR count). The predicted molar refractivity (Wildman–Crippen MR) is 72.8 cm³/mol. The first kappa shape index (κ1) is 13.6. The lowest BCUT2D eigenvalue weighted by Crippen LogP contribution is -2.41. The van der Waals surface area contributed by atoms with Gasteiger partial charge >= 0.3 is 0 Å². The molecule has 1 heterocycles. The maximum Gasteiger partial charge on any atom is 0.243 e. The number of hydrogen-bond acceptors (Lipinski definition) is 2. The molecule has 0 amide bonds. The fraction of sp³-hybridized carbons (Fsp3) is 0.571. The first-order valence-electron chi connectivity index (χ1n) is 6.57. The molecule has 3 nitrogen and oxygen atoms in total. The Bertz CT molecular complexity index is 482. The van der Waals surface area contributed by atoms with Crippen molar-refractivity contribution in [2.45, 2.75) is 31.6 Å². The number of rotatable bonds is 3. The average Bonchev–Trinajstić information content (AvgIpc) is 2.40. The summed E-state index contributed by atoms with van der Waals surface area (Å²) in [5, 5.41) is 0. The largest absolute Gasteiger partial charge is 0.243 e. The van der Waals surface area contributed by atoms with Crippen LogP contribution in [0.3, 0.4) is 0 Å². The molecule has 1 unspecified atom stereocenters. The van der Waals surface area contributed by atoms with Crippen LogP contribution in [0.2, 0.25) is 0 Å². The Kier molecular flexibility index (Phi) is 4.07. The lowest BCUT2D eigenvalue weighted by atomic mass is 9.89. The van der Waals surface area contributed by atoms with E-state index < -0.39 is 10.0 Å². The zero-order valence-corrected chi connectivity index (χ0v) is 11.9. The summed E-state index contributed by atoms with van der Waals surface area (Å²) in [6.45, 7) is 5.65. The van der Waals surface area contributed by atoms with Gasteiger partial charge in [-0.15, -0.1) is 0 Å². The smallest absolute Gasteiger partial charge is 0.207 e. The van der Waals surface area contributed by atoms with E-state index in [0.717, 1.165) is 12.8 Å². The SMILES string of the molecule is CC(C)C1CCCN(S(=O)(=O)c2ccccc2)C1. The van der Waals surface area contributed by atoms with Crippen molar-refractivity contribution in [3.63, 3.8) is 0 Å². The van der Waals surface area contributed by atoms with Gasteiger partial charge in [0, 0.05) is 13.1 Å². The van der Waals surface area contributed by atoms with Gasteiger partial charge in [-0.1, -0.05) is 32.0 Å². The van der Waals surface area contributed by atoms with Crippen LogP contribution in [0.25, 0.3) is 0 Å². The Balaban J connectivity index is 2.21. The molecule has 18 heavy (non-hydrogen) atoms. The molecule has 100 valence electrons. The van der Waals surface area contributed by atoms with Crippen molar-refractivity contribution in [3.8, 4) is 0 Å². The van der Waals surface area contributed by atoms with Gasteiger partial charge < -0.3 is 0 Å². The lowest BCUT2D eigenvalue weighted by molar-refractivity contribution is 0.219. The zero-order chi connectivity index (χ0) is 13.2. The van der Waals surface area contributed by atoms with E-state index in [-0.39, 0.29) is 0 Å². The number of benzene rings is 1. The summed E-state index contributed by atoms with van der Waals surface area (Å²) in [7, 11) is -3.30. The highest BCUT2D eigenvalue weighted by Gasteiger charge is 2.30. The van der Waals surface area contributed by atoms with E-state index >= 15 is 0 Å². The third-order valence-electron chi connectivity index (χ3n) is 3.74. The first-order chi connectivity index (χ1) is 8.51. The molecule has 1 atom stereocenters. The Morgan fingerprint density at radius 2 is 1.89 bits per heavy atom. The highest BCUT2D eigenvalue weighted by molar-refractivity contribution is 7.89. The van der Waals surface area contributed by atoms with Crippen LogP contribution >= 0.6 is 0 Å². The third kappa shape index (κ3) is 2.75. The monoisotopic (exact) mass is 267 g/mol. The number of sulfonamides is 1. The van der Waals surface area contributed by atoms with E-state index in [4.69, 9.17) is 0 Å². The van der Waals surface area contributed by atoms with Gasteiger partial charge in [0.25, 0.3) is 0 Å². The minimum atomic E-state index is -3.30. The maximum atomic E-state index is 12.5. The summed E-state index contributed by atoms with van der Waals surface area (Å²) in [4.78, 5) is 0.411. The molecule has 4 heteroatoms. The molecule has 1 saturated heterocycles. The molecule has 0 bridgehead atoms. The number of piperidine rings is 1. The molecule has 0 N–H and O–H groups in total. The molecule has 0 aromatic heterocycles. The summed E-state index contributed by atoms with van der Waals surface area (Å²) in [6, 6.07) is 8.74. The van der Waals surface area contributed by atoms with Crippen molar-refractivity contribution in [2.75, 3.05) is 13.1 Å². The van der Waals surface area contributed by atoms with E-state index in [9.17, 15) is 8.42 Å². The fourth-order valence-electron chi connectivity index (χ4n) is 2.48. The number of hydrogen-bond donors (Lipinski definition) is 0. The van der Waals surface area contributed by atoms with Gasteiger partial charge in [-0.25, -0.2) is 8.42 Å². The van der Waals surface area contributed by atoms with Gasteiger partial charge in [0.1, 0.15) is 0 Å². The van der Waals surface area contributed by atoms with E-state index in [0.29, 0.717) is 29.8 Å². The quantitative estimate of drug-likeness (QED) is 0.844. The molecular weight excluding hydrogens is 246 g/mol. The van der Waals surface area contributed by atoms with Crippen LogP contribution in [0.4, 0.5) is 0 Å². The van der Waals surface area contributed by atoms with E-state index in [1.807, 2.05) is 6.07 Å². The third-order valence-corrected chi connectivity index (χ3v) is 5.62. The molecule has 0 aliphatic carbocycles. The molecule has 1 fully saturated rings. The van der Waals surface area contributed by atoms with Crippen LogP contribution in [0, 0.1) is 11.8 Å². The Morgan fingerprint density at radius 1 is 1.22 bits per heavy atom. The zero-order valence-electron chi connectivity index (χ0n) is 11.0. The molecule has 0 radical (unpaired) electrons. The van der Waals surface area contributed by atoms with Crippen molar-refractivity contribution < 1.29 is 8.42 Å². The fourth-order valence-corrected chi connectivity index (χ4v) is 4.03. The van der Waals surface area contributed by atoms with Crippen LogP contribution in [-0.4, -0.2) is 25.8 Å². The molecular formula is C14H21NO2S. The standard InChI is InChI=1S/C14H21NO2S/c1-12(2)13-7-6-10-15(11-13)18(16,17)14-8-4-3-5-9-14/h3-5,8-9,12-13H,6-7,10-11H2,1-2H3. The van der Waals surface area contributed by atoms with Gasteiger partial charge in [0.05, 0.1) is 4.90 Å². The molecule has 1 aliphatic rings. The van der Waals surface area contributed by atoms with Crippen molar-refractivity contribution >= 4 is 10.0 Å². The van der Waals surface area contributed by atoms with Crippen molar-refractivity contribution in [1.29, 1.82) is 0 Å². The molecule has 0 spiro atoms. The topological polar surface area (TPSA) is 37.4 Å². The van der Waals surface area contributed by atoms with Crippen LogP contribution in [-0.2, 0) is 10.0 Å². The van der Waals surface area contributed by atoms with Gasteiger partial charge in [0.15, 0.2) is 0 Å². The van der Waals surface area contributed by atoms with Gasteiger partial charge in [-0.05, 0) is 36.8 Å². The summed E-state index contributed by atoms with van der Waals surface area (Å²) >= 11 is 0. The van der Waals surface area contributed by atoms with Gasteiger partial charge in [-0.2, -0.15) is 4.31 Å². The van der Waals surface area contributed by atoms with Gasteiger partial charge in [-0.3, -0.25) is 0 Å². The molecule has 1 aromatic carbocycles. The van der Waals surface area contributed by atoms with Crippen molar-refractivity contribution in [1.82, 2.24) is 4.31 Å². The summed E-state index contributed by atoms with van der Waals surface area (Å²) < 4.78 is 26.6. The van der Waals surface area contributed by atoms with E-state index in [1.165, 1.54) is 0 Å². The summed E-state index contributed by atoms with van der Waals surface area (Å²) in [5.41, 5.74) is 0. The Morgan fingerprint density at radius 3 is 2.50 bits per heavy atom. The van der Waals surface area contributed by atoms with E-state index in [1.54, 1.807) is 28.6 Å². The van der Waals surface area contributed by atoms with Crippen LogP contribution in [0.15, 0.2) is 35.2 Å². The summed E-state index contributed by atoms with van der Waals surface area (Å²) in [5.74, 6) is 1.02. The minimum absolute atomic E-state index is 0.411. The van der Waals surface area contributed by atoms with Crippen LogP contribution in [0.5, 0.6) is 0 Å². The Hall–Kier alpha value is -0.870. The van der Waals surface area contributed by atoms with Gasteiger partial charge in [0.2, 0.25) is 10.0 Å². The van der Waals surface area contributed by atoms with Crippen LogP contribution in [0.1, 0.15) is 26.7 Å². The van der Waals surface area contributed by atoms with Crippen molar-refractivity contribution in [3.05, 3.63) is 30.3 Å². The average molecular weight is 267 g/mol. The predicted octanol–water partition coefficient (Wildman–Crippen LogP) is 2.74. The molecule has 0 saturated carbocycles. The second kappa shape index (κ2) is 5.41. The maximum absolute atomic E-state index is 12.5. The second-order valence-electron chi connectivity index (χ2n) is 5.32. The lowest BCUT2D eigenvalue weighted by Gasteiger charge is -2.33. The second-order valence-corrected chi connectivity index (χ2v) is 7.26. The molecule has 1 aromatic rings. The highest BCUT2D eigenvalue weighted by atomic mass is 32.2. The normalized spacial score (nSPS) is 22.3. The molecule has 1 aliphatic heterocycles. The van der Waals surface area contributed by atoms with E-state index in [2.05, 4.69) is 13.8 Å². The van der Waals surface area contributed by atoms with Crippen LogP contribution < -0.4 is 0 Å². The Labute approximate surface area is 110 Å². The first-order valence-corrected chi connectivity index (χ1v) is 8.01. The highest BCUT2D eigenvalue weighted by Crippen LogP contribution is 2.27. The van der Waals surface area contributed by atoms with Crippen molar-refractivity contribution in [2.24, 2.45) is 11.8 Å².